The van der Waals surface area contributed by atoms with Crippen molar-refractivity contribution in [3.05, 3.63) is 0 Å². The van der Waals surface area contributed by atoms with Crippen LogP contribution >= 0.6 is 0 Å². The van der Waals surface area contributed by atoms with Crippen LogP contribution in [0.15, 0.2) is 0 Å². The van der Waals surface area contributed by atoms with Gasteiger partial charge in [-0.25, -0.2) is 0 Å². The molecule has 0 radical (unpaired) electrons. The summed E-state index contributed by atoms with van der Waals surface area (Å²) in [5.41, 5.74) is 6.05. The van der Waals surface area contributed by atoms with E-state index in [1.807, 2.05) is 0 Å². The van der Waals surface area contributed by atoms with E-state index in [-0.39, 0.29) is 29.4 Å². The number of aliphatic hydroxyl groups excluding tert-OH is 2. The van der Waals surface area contributed by atoms with Gasteiger partial charge in [0.25, 0.3) is 0 Å². The predicted molar refractivity (Wildman–Crippen MR) is 128 cm³/mol. The Hall–Kier alpha value is -0.650. The van der Waals surface area contributed by atoms with Crippen LogP contribution in [0.2, 0.25) is 0 Å². The van der Waals surface area contributed by atoms with E-state index in [0.717, 1.165) is 38.5 Å². The van der Waals surface area contributed by atoms with Crippen LogP contribution in [0.25, 0.3) is 0 Å². The number of hydrogen-bond donors (Lipinski definition) is 4. The molecular formula is C27H48N2O3. The summed E-state index contributed by atoms with van der Waals surface area (Å²) in [5.74, 6) is 3.70. The number of fused-ring (bicyclic) bond motifs is 5. The number of nitrogens with one attached hydrogen (secondary N) is 1. The number of carbonyl (C=O) groups excluding carboxylic acids is 1. The smallest absolute Gasteiger partial charge is 0.220 e. The predicted octanol–water partition coefficient (Wildman–Crippen LogP) is 3.86. The Balaban J connectivity index is 1.42. The van der Waals surface area contributed by atoms with Crippen molar-refractivity contribution in [1.82, 2.24) is 5.32 Å². The Morgan fingerprint density at radius 2 is 1.75 bits per heavy atom. The summed E-state index contributed by atoms with van der Waals surface area (Å²) < 4.78 is 0. The fraction of sp³-hybridized carbons (Fsp3) is 0.963. The van der Waals surface area contributed by atoms with Crippen molar-refractivity contribution in [3.8, 4) is 0 Å². The molecular weight excluding hydrogens is 400 g/mol. The first kappa shape index (κ1) is 24.5. The van der Waals surface area contributed by atoms with E-state index >= 15 is 0 Å². The maximum Gasteiger partial charge on any atom is 0.220 e. The monoisotopic (exact) mass is 448 g/mol. The first-order valence-electron chi connectivity index (χ1n) is 13.5. The van der Waals surface area contributed by atoms with E-state index in [2.05, 4.69) is 26.1 Å². The van der Waals surface area contributed by atoms with E-state index in [9.17, 15) is 15.0 Å². The molecule has 0 unspecified atom stereocenters. The van der Waals surface area contributed by atoms with E-state index in [0.29, 0.717) is 54.5 Å². The van der Waals surface area contributed by atoms with E-state index in [1.165, 1.54) is 25.7 Å². The Morgan fingerprint density at radius 1 is 1.03 bits per heavy atom. The van der Waals surface area contributed by atoms with Gasteiger partial charge in [-0.2, -0.15) is 0 Å². The maximum atomic E-state index is 12.2. The Morgan fingerprint density at radius 3 is 2.50 bits per heavy atom. The fourth-order valence-electron chi connectivity index (χ4n) is 9.23. The largest absolute Gasteiger partial charge is 0.393 e. The van der Waals surface area contributed by atoms with Crippen LogP contribution in [-0.4, -0.2) is 41.4 Å². The molecule has 4 fully saturated rings. The highest BCUT2D eigenvalue weighted by Gasteiger charge is 2.62. The molecule has 10 atom stereocenters. The molecule has 0 bridgehead atoms. The summed E-state index contributed by atoms with van der Waals surface area (Å²) in [7, 11) is 0. The molecule has 0 saturated heterocycles. The van der Waals surface area contributed by atoms with Gasteiger partial charge in [0, 0.05) is 13.0 Å². The molecule has 4 rings (SSSR count). The zero-order chi connectivity index (χ0) is 23.1. The quantitative estimate of drug-likeness (QED) is 0.445. The SMILES string of the molecule is C[C@@H](CCC(=O)NCCCN)[C@@H]1CC[C@@H]2[C@H]3C[C@@H](O)[C@H]4C[C@@H](O)CC[C@@]4(C)[C@@H]3CC[C@]21C. The highest BCUT2D eigenvalue weighted by Crippen LogP contribution is 2.68. The van der Waals surface area contributed by atoms with Gasteiger partial charge in [-0.05, 0) is 117 Å². The van der Waals surface area contributed by atoms with E-state index < -0.39 is 0 Å². The van der Waals surface area contributed by atoms with Gasteiger partial charge in [0.1, 0.15) is 0 Å². The van der Waals surface area contributed by atoms with Crippen molar-refractivity contribution >= 4 is 5.91 Å². The Bertz CT molecular complexity index is 671. The summed E-state index contributed by atoms with van der Waals surface area (Å²) in [6.07, 6.45) is 10.8. The first-order chi connectivity index (χ1) is 15.2. The molecule has 4 saturated carbocycles. The van der Waals surface area contributed by atoms with Crippen LogP contribution in [0.1, 0.15) is 91.4 Å². The van der Waals surface area contributed by atoms with Gasteiger partial charge in [-0.15, -0.1) is 0 Å². The molecule has 0 aromatic heterocycles. The molecule has 4 aliphatic carbocycles. The second kappa shape index (κ2) is 9.54. The maximum absolute atomic E-state index is 12.2. The molecule has 0 aromatic carbocycles. The molecule has 4 aliphatic rings. The minimum absolute atomic E-state index is 0.169. The minimum atomic E-state index is -0.257. The molecule has 5 heteroatoms. The highest BCUT2D eigenvalue weighted by molar-refractivity contribution is 5.75. The van der Waals surface area contributed by atoms with Gasteiger partial charge in [0.15, 0.2) is 0 Å². The van der Waals surface area contributed by atoms with Crippen molar-refractivity contribution < 1.29 is 15.0 Å². The van der Waals surface area contributed by atoms with Crippen molar-refractivity contribution in [2.75, 3.05) is 13.1 Å². The van der Waals surface area contributed by atoms with Crippen LogP contribution in [-0.2, 0) is 4.79 Å². The number of carbonyl (C=O) groups is 1. The third kappa shape index (κ3) is 4.27. The lowest BCUT2D eigenvalue weighted by Gasteiger charge is -2.62. The molecule has 5 N–H and O–H groups in total. The molecule has 32 heavy (non-hydrogen) atoms. The van der Waals surface area contributed by atoms with Crippen LogP contribution < -0.4 is 11.1 Å². The molecule has 5 nitrogen and oxygen atoms in total. The molecule has 0 aromatic rings. The summed E-state index contributed by atoms with van der Waals surface area (Å²) >= 11 is 0. The average molecular weight is 449 g/mol. The topological polar surface area (TPSA) is 95.6 Å². The van der Waals surface area contributed by atoms with Crippen molar-refractivity contribution in [1.29, 1.82) is 0 Å². The zero-order valence-corrected chi connectivity index (χ0v) is 20.7. The van der Waals surface area contributed by atoms with Gasteiger partial charge >= 0.3 is 0 Å². The van der Waals surface area contributed by atoms with Crippen LogP contribution in [0, 0.1) is 46.3 Å². The molecule has 0 spiro atoms. The van der Waals surface area contributed by atoms with E-state index in [1.54, 1.807) is 0 Å². The first-order valence-corrected chi connectivity index (χ1v) is 13.5. The number of hydrogen-bond acceptors (Lipinski definition) is 4. The number of aliphatic hydroxyl groups is 2. The average Bonchev–Trinajstić information content (AvgIpc) is 3.11. The highest BCUT2D eigenvalue weighted by atomic mass is 16.3. The third-order valence-electron chi connectivity index (χ3n) is 10.9. The van der Waals surface area contributed by atoms with Crippen molar-refractivity contribution in [2.24, 2.45) is 52.1 Å². The van der Waals surface area contributed by atoms with Gasteiger partial charge in [0.2, 0.25) is 5.91 Å². The van der Waals surface area contributed by atoms with Gasteiger partial charge in [-0.3, -0.25) is 4.79 Å². The Kier molecular flexibility index (Phi) is 7.30. The van der Waals surface area contributed by atoms with Gasteiger partial charge in [-0.1, -0.05) is 20.8 Å². The molecule has 0 aliphatic heterocycles. The lowest BCUT2D eigenvalue weighted by atomic mass is 9.44. The van der Waals surface area contributed by atoms with Crippen LogP contribution in [0.5, 0.6) is 0 Å². The third-order valence-corrected chi connectivity index (χ3v) is 10.9. The summed E-state index contributed by atoms with van der Waals surface area (Å²) in [6, 6.07) is 0. The van der Waals surface area contributed by atoms with Crippen molar-refractivity contribution in [3.63, 3.8) is 0 Å². The lowest BCUT2D eigenvalue weighted by molar-refractivity contribution is -0.172. The number of amides is 1. The number of rotatable bonds is 7. The number of nitrogens with two attached hydrogens (primary N) is 1. The van der Waals surface area contributed by atoms with Gasteiger partial charge in [0.05, 0.1) is 12.2 Å². The lowest BCUT2D eigenvalue weighted by Crippen LogP contribution is -2.58. The van der Waals surface area contributed by atoms with Crippen molar-refractivity contribution in [2.45, 2.75) is 104 Å². The molecule has 0 heterocycles. The van der Waals surface area contributed by atoms with Gasteiger partial charge < -0.3 is 21.3 Å². The normalized spacial score (nSPS) is 46.6. The second-order valence-corrected chi connectivity index (χ2v) is 12.5. The minimum Gasteiger partial charge on any atom is -0.393 e. The van der Waals surface area contributed by atoms with E-state index in [4.69, 9.17) is 5.73 Å². The van der Waals surface area contributed by atoms with Crippen LogP contribution in [0.3, 0.4) is 0 Å². The standard InChI is InChI=1S/C27H48N2O3/c1-17(5-8-25(32)29-14-4-13-28)20-6-7-21-19-16-24(31)23-15-18(30)9-11-27(23,3)22(19)10-12-26(20,21)2/h17-24,30-31H,4-16,28H2,1-3H3,(H,29,32)/t17-,18-,19+,20-,21+,22+,23+,24+,26-,27-/m0/s1. The van der Waals surface area contributed by atoms with Crippen LogP contribution in [0.4, 0.5) is 0 Å². The Labute approximate surface area is 195 Å². The summed E-state index contributed by atoms with van der Waals surface area (Å²) in [5, 5.41) is 24.5. The zero-order valence-electron chi connectivity index (χ0n) is 20.7. The fourth-order valence-corrected chi connectivity index (χ4v) is 9.23. The summed E-state index contributed by atoms with van der Waals surface area (Å²) in [4.78, 5) is 12.2. The summed E-state index contributed by atoms with van der Waals surface area (Å²) in [6.45, 7) is 8.65. The molecule has 184 valence electrons. The second-order valence-electron chi connectivity index (χ2n) is 12.5. The molecule has 1 amide bonds.